The van der Waals surface area contributed by atoms with Crippen LogP contribution in [0.25, 0.3) is 11.4 Å². The number of nitrogens with zero attached hydrogens (tertiary/aromatic N) is 4. The number of hydrogen-bond acceptors (Lipinski definition) is 5. The van der Waals surface area contributed by atoms with Gasteiger partial charge in [-0.1, -0.05) is 41.6 Å². The van der Waals surface area contributed by atoms with Gasteiger partial charge in [0.05, 0.1) is 11.8 Å². The van der Waals surface area contributed by atoms with E-state index < -0.39 is 0 Å². The first kappa shape index (κ1) is 20.1. The molecule has 0 bridgehead atoms. The van der Waals surface area contributed by atoms with E-state index in [2.05, 4.69) is 27.1 Å². The third kappa shape index (κ3) is 4.99. The van der Waals surface area contributed by atoms with Crippen LogP contribution in [0.5, 0.6) is 0 Å². The fourth-order valence-electron chi connectivity index (χ4n) is 2.65. The molecule has 0 aliphatic rings. The van der Waals surface area contributed by atoms with Crippen LogP contribution in [0.3, 0.4) is 0 Å². The molecule has 2 aromatic heterocycles. The molecule has 3 aromatic rings. The number of hydrogen-bond donors (Lipinski definition) is 1. The summed E-state index contributed by atoms with van der Waals surface area (Å²) in [4.78, 5) is 16.4. The molecule has 0 spiro atoms. The Kier molecular flexibility index (Phi) is 6.84. The summed E-state index contributed by atoms with van der Waals surface area (Å²) in [6.07, 6.45) is 5.20. The minimum absolute atomic E-state index is 0.0777. The van der Waals surface area contributed by atoms with Gasteiger partial charge < -0.3 is 5.32 Å². The zero-order valence-corrected chi connectivity index (χ0v) is 17.0. The van der Waals surface area contributed by atoms with Crippen LogP contribution in [0.15, 0.2) is 66.6 Å². The molecule has 1 atom stereocenters. The number of benzene rings is 1. The molecule has 0 saturated heterocycles. The Bertz CT molecular complexity index is 943. The fourth-order valence-corrected chi connectivity index (χ4v) is 3.54. The van der Waals surface area contributed by atoms with Crippen molar-refractivity contribution < 1.29 is 4.79 Å². The Labute approximate surface area is 173 Å². The van der Waals surface area contributed by atoms with E-state index in [1.54, 1.807) is 18.5 Å². The smallest absolute Gasteiger partial charge is 0.230 e. The number of aromatic nitrogens is 4. The molecule has 0 aliphatic heterocycles. The van der Waals surface area contributed by atoms with E-state index in [0.29, 0.717) is 16.7 Å². The summed E-state index contributed by atoms with van der Waals surface area (Å²) in [5.41, 5.74) is 1.91. The van der Waals surface area contributed by atoms with E-state index in [1.807, 2.05) is 47.9 Å². The summed E-state index contributed by atoms with van der Waals surface area (Å²) in [7, 11) is 0. The zero-order chi connectivity index (χ0) is 19.9. The van der Waals surface area contributed by atoms with Gasteiger partial charge in [-0.05, 0) is 36.8 Å². The Balaban J connectivity index is 1.65. The molecule has 6 nitrogen and oxygen atoms in total. The maximum Gasteiger partial charge on any atom is 0.230 e. The topological polar surface area (TPSA) is 72.7 Å². The van der Waals surface area contributed by atoms with Gasteiger partial charge >= 0.3 is 0 Å². The number of pyridine rings is 1. The molecule has 3 rings (SSSR count). The Morgan fingerprint density at radius 1 is 1.25 bits per heavy atom. The highest BCUT2D eigenvalue weighted by Crippen LogP contribution is 2.24. The Hall–Kier alpha value is -2.64. The minimum Gasteiger partial charge on any atom is -0.349 e. The predicted octanol–water partition coefficient (Wildman–Crippen LogP) is 4.15. The van der Waals surface area contributed by atoms with E-state index in [0.717, 1.165) is 17.0 Å². The van der Waals surface area contributed by atoms with Gasteiger partial charge in [-0.25, -0.2) is 0 Å². The van der Waals surface area contributed by atoms with Crippen LogP contribution >= 0.6 is 23.4 Å². The van der Waals surface area contributed by atoms with Gasteiger partial charge in [-0.3, -0.25) is 14.3 Å². The van der Waals surface area contributed by atoms with Gasteiger partial charge in [-0.2, -0.15) is 0 Å². The van der Waals surface area contributed by atoms with Crippen LogP contribution in [0.2, 0.25) is 5.02 Å². The van der Waals surface area contributed by atoms with E-state index >= 15 is 0 Å². The first-order valence-corrected chi connectivity index (χ1v) is 10.1. The van der Waals surface area contributed by atoms with Gasteiger partial charge in [0.25, 0.3) is 0 Å². The van der Waals surface area contributed by atoms with Crippen molar-refractivity contribution in [2.75, 3.05) is 5.75 Å². The van der Waals surface area contributed by atoms with Gasteiger partial charge in [0.2, 0.25) is 5.91 Å². The van der Waals surface area contributed by atoms with Crippen molar-refractivity contribution >= 4 is 29.3 Å². The van der Waals surface area contributed by atoms with Crippen LogP contribution < -0.4 is 5.32 Å². The molecule has 1 N–H and O–H groups in total. The molecule has 0 radical (unpaired) electrons. The van der Waals surface area contributed by atoms with Crippen LogP contribution in [0.1, 0.15) is 18.5 Å². The average molecular weight is 414 g/mol. The number of nitrogens with one attached hydrogen (secondary N) is 1. The lowest BCUT2D eigenvalue weighted by atomic mass is 10.1. The monoisotopic (exact) mass is 413 g/mol. The molecular formula is C20H20ClN5OS. The second kappa shape index (κ2) is 9.52. The molecule has 1 amide bonds. The summed E-state index contributed by atoms with van der Waals surface area (Å²) in [6, 6.07) is 11.1. The minimum atomic E-state index is -0.108. The zero-order valence-electron chi connectivity index (χ0n) is 15.4. The summed E-state index contributed by atoms with van der Waals surface area (Å²) in [5.74, 6) is 0.884. The van der Waals surface area contributed by atoms with Crippen molar-refractivity contribution in [3.05, 3.63) is 72.0 Å². The standard InChI is InChI=1S/C20H20ClN5OS/c1-3-12-26-19(16-8-10-22-11-9-16)24-25-20(26)28-13-18(27)23-14(2)15-4-6-17(21)7-5-15/h3-11,14H,1,12-13H2,2H3,(H,23,27)/t14-/m1/s1. The van der Waals surface area contributed by atoms with Gasteiger partial charge in [0.1, 0.15) is 0 Å². The highest BCUT2D eigenvalue weighted by atomic mass is 35.5. The maximum atomic E-state index is 12.4. The van der Waals surface area contributed by atoms with Crippen molar-refractivity contribution in [1.29, 1.82) is 0 Å². The fraction of sp³-hybridized carbons (Fsp3) is 0.200. The number of amides is 1. The number of allylic oxidation sites excluding steroid dienone is 1. The summed E-state index contributed by atoms with van der Waals surface area (Å²) >= 11 is 7.25. The number of carbonyl (C=O) groups excluding carboxylic acids is 1. The van der Waals surface area contributed by atoms with Crippen molar-refractivity contribution in [2.24, 2.45) is 0 Å². The van der Waals surface area contributed by atoms with E-state index in [1.165, 1.54) is 11.8 Å². The molecule has 8 heteroatoms. The molecule has 28 heavy (non-hydrogen) atoms. The third-order valence-electron chi connectivity index (χ3n) is 4.05. The van der Waals surface area contributed by atoms with Crippen molar-refractivity contribution in [1.82, 2.24) is 25.1 Å². The van der Waals surface area contributed by atoms with Gasteiger partial charge in [-0.15, -0.1) is 16.8 Å². The Morgan fingerprint density at radius 3 is 2.64 bits per heavy atom. The van der Waals surface area contributed by atoms with Crippen LogP contribution in [0.4, 0.5) is 0 Å². The maximum absolute atomic E-state index is 12.4. The molecule has 0 unspecified atom stereocenters. The number of carbonyl (C=O) groups is 1. The quantitative estimate of drug-likeness (QED) is 0.443. The summed E-state index contributed by atoms with van der Waals surface area (Å²) in [6.45, 7) is 6.29. The average Bonchev–Trinajstić information content (AvgIpc) is 3.10. The first-order chi connectivity index (χ1) is 13.6. The Morgan fingerprint density at radius 2 is 1.96 bits per heavy atom. The van der Waals surface area contributed by atoms with Crippen molar-refractivity contribution in [3.8, 4) is 11.4 Å². The number of rotatable bonds is 8. The predicted molar refractivity (Wildman–Crippen MR) is 112 cm³/mol. The second-order valence-electron chi connectivity index (χ2n) is 6.07. The molecule has 0 aliphatic carbocycles. The second-order valence-corrected chi connectivity index (χ2v) is 7.45. The van der Waals surface area contributed by atoms with E-state index in [-0.39, 0.29) is 17.7 Å². The van der Waals surface area contributed by atoms with Gasteiger partial charge in [0, 0.05) is 29.5 Å². The molecule has 1 aromatic carbocycles. The van der Waals surface area contributed by atoms with Crippen molar-refractivity contribution in [2.45, 2.75) is 24.7 Å². The lowest BCUT2D eigenvalue weighted by Gasteiger charge is -2.14. The normalized spacial score (nSPS) is 11.8. The largest absolute Gasteiger partial charge is 0.349 e. The van der Waals surface area contributed by atoms with Crippen molar-refractivity contribution in [3.63, 3.8) is 0 Å². The van der Waals surface area contributed by atoms with E-state index in [4.69, 9.17) is 11.6 Å². The van der Waals surface area contributed by atoms with E-state index in [9.17, 15) is 4.79 Å². The number of halogens is 1. The highest BCUT2D eigenvalue weighted by Gasteiger charge is 2.16. The molecule has 144 valence electrons. The SMILES string of the molecule is C=CCn1c(SCC(=O)N[C@H](C)c2ccc(Cl)cc2)nnc1-c1ccncc1. The summed E-state index contributed by atoms with van der Waals surface area (Å²) < 4.78 is 1.93. The van der Waals surface area contributed by atoms with Crippen LogP contribution in [0, 0.1) is 0 Å². The number of thioether (sulfide) groups is 1. The molecule has 0 fully saturated rings. The van der Waals surface area contributed by atoms with Crippen LogP contribution in [-0.2, 0) is 11.3 Å². The molecule has 0 saturated carbocycles. The molecular weight excluding hydrogens is 394 g/mol. The highest BCUT2D eigenvalue weighted by molar-refractivity contribution is 7.99. The lowest BCUT2D eigenvalue weighted by Crippen LogP contribution is -2.28. The third-order valence-corrected chi connectivity index (χ3v) is 5.27. The van der Waals surface area contributed by atoms with Gasteiger partial charge in [0.15, 0.2) is 11.0 Å². The summed E-state index contributed by atoms with van der Waals surface area (Å²) in [5, 5.41) is 12.8. The molecule has 2 heterocycles. The van der Waals surface area contributed by atoms with Crippen LogP contribution in [-0.4, -0.2) is 31.4 Å². The lowest BCUT2D eigenvalue weighted by molar-refractivity contribution is -0.119. The first-order valence-electron chi connectivity index (χ1n) is 8.70.